The topological polar surface area (TPSA) is 54.9 Å². The van der Waals surface area contributed by atoms with E-state index in [1.807, 2.05) is 24.3 Å². The largest absolute Gasteiger partial charge is 0.369 e. The van der Waals surface area contributed by atoms with E-state index in [1.165, 1.54) is 12.4 Å². The lowest BCUT2D eigenvalue weighted by Gasteiger charge is -2.08. The molecule has 0 radical (unpaired) electrons. The molecule has 0 amide bonds. The number of halogens is 1. The Hall–Kier alpha value is -2.34. The zero-order chi connectivity index (χ0) is 15.4. The molecule has 3 aromatic rings. The minimum absolute atomic E-state index is 0.233. The molecule has 0 fully saturated rings. The summed E-state index contributed by atoms with van der Waals surface area (Å²) >= 11 is 0. The number of fused-ring (bicyclic) bond motifs is 1. The first-order valence-electron chi connectivity index (χ1n) is 6.82. The van der Waals surface area contributed by atoms with E-state index in [9.17, 15) is 8.60 Å². The van der Waals surface area contributed by atoms with E-state index in [0.717, 1.165) is 10.9 Å². The molecule has 0 spiro atoms. The average molecular weight is 315 g/mol. The summed E-state index contributed by atoms with van der Waals surface area (Å²) in [6.07, 6.45) is 1.48. The minimum Gasteiger partial charge on any atom is -0.369 e. The van der Waals surface area contributed by atoms with Crippen LogP contribution in [0.1, 0.15) is 0 Å². The number of benzene rings is 2. The lowest BCUT2D eigenvalue weighted by atomic mass is 10.2. The lowest BCUT2D eigenvalue weighted by molar-refractivity contribution is 0.595. The van der Waals surface area contributed by atoms with Crippen LogP contribution in [0.4, 0.5) is 10.2 Å². The predicted octanol–water partition coefficient (Wildman–Crippen LogP) is 2.99. The van der Waals surface area contributed by atoms with E-state index in [2.05, 4.69) is 15.3 Å². The van der Waals surface area contributed by atoms with Crippen LogP contribution in [-0.4, -0.2) is 26.5 Å². The zero-order valence-corrected chi connectivity index (χ0v) is 12.5. The van der Waals surface area contributed by atoms with Crippen molar-refractivity contribution in [2.75, 3.05) is 17.6 Å². The first kappa shape index (κ1) is 14.6. The van der Waals surface area contributed by atoms with Gasteiger partial charge in [0.2, 0.25) is 0 Å². The Balaban J connectivity index is 1.68. The molecule has 0 unspecified atom stereocenters. The number of hydrogen-bond donors (Lipinski definition) is 1. The maximum absolute atomic E-state index is 13.6. The molecule has 0 aliphatic rings. The number of para-hydroxylation sites is 1. The first-order chi connectivity index (χ1) is 10.8. The molecule has 112 valence electrons. The number of rotatable bonds is 5. The van der Waals surface area contributed by atoms with E-state index < -0.39 is 16.6 Å². The summed E-state index contributed by atoms with van der Waals surface area (Å²) in [7, 11) is -1.38. The molecule has 0 aliphatic carbocycles. The summed E-state index contributed by atoms with van der Waals surface area (Å²) in [5.74, 6) is 0.559. The van der Waals surface area contributed by atoms with Gasteiger partial charge in [-0.05, 0) is 24.3 Å². The van der Waals surface area contributed by atoms with Crippen molar-refractivity contribution in [1.29, 1.82) is 0 Å². The number of hydrogen-bond acceptors (Lipinski definition) is 4. The van der Waals surface area contributed by atoms with Gasteiger partial charge in [-0.15, -0.1) is 0 Å². The van der Waals surface area contributed by atoms with Crippen LogP contribution in [0.2, 0.25) is 0 Å². The van der Waals surface area contributed by atoms with Crippen LogP contribution < -0.4 is 5.32 Å². The average Bonchev–Trinajstić information content (AvgIpc) is 2.55. The van der Waals surface area contributed by atoms with E-state index in [-0.39, 0.29) is 4.90 Å². The monoisotopic (exact) mass is 315 g/mol. The Kier molecular flexibility index (Phi) is 4.39. The maximum atomic E-state index is 13.6. The zero-order valence-electron chi connectivity index (χ0n) is 11.7. The van der Waals surface area contributed by atoms with Gasteiger partial charge in [-0.3, -0.25) is 4.21 Å². The normalized spacial score (nSPS) is 12.2. The van der Waals surface area contributed by atoms with Gasteiger partial charge in [-0.2, -0.15) is 0 Å². The van der Waals surface area contributed by atoms with Crippen LogP contribution >= 0.6 is 0 Å². The Morgan fingerprint density at radius 2 is 1.82 bits per heavy atom. The third-order valence-electron chi connectivity index (χ3n) is 3.20. The summed E-state index contributed by atoms with van der Waals surface area (Å²) in [6, 6.07) is 13.8. The fourth-order valence-corrected chi connectivity index (χ4v) is 3.17. The summed E-state index contributed by atoms with van der Waals surface area (Å²) in [4.78, 5) is 8.62. The molecule has 4 nitrogen and oxygen atoms in total. The van der Waals surface area contributed by atoms with Gasteiger partial charge in [0.15, 0.2) is 0 Å². The third-order valence-corrected chi connectivity index (χ3v) is 4.60. The molecule has 1 aromatic heterocycles. The number of anilines is 1. The van der Waals surface area contributed by atoms with Crippen molar-refractivity contribution in [2.24, 2.45) is 0 Å². The Bertz CT molecular complexity index is 820. The van der Waals surface area contributed by atoms with E-state index in [1.54, 1.807) is 18.2 Å². The van der Waals surface area contributed by atoms with Crippen LogP contribution in [0.25, 0.3) is 10.9 Å². The fraction of sp³-hybridized carbons (Fsp3) is 0.125. The SMILES string of the molecule is O=[S@@](CCNc1ncnc2ccccc12)c1ccccc1F. The third kappa shape index (κ3) is 3.12. The number of nitrogens with one attached hydrogen (secondary N) is 1. The van der Waals surface area contributed by atoms with Crippen LogP contribution in [0, 0.1) is 5.82 Å². The van der Waals surface area contributed by atoms with Crippen LogP contribution in [-0.2, 0) is 10.8 Å². The van der Waals surface area contributed by atoms with Crippen LogP contribution in [0.5, 0.6) is 0 Å². The molecule has 0 bridgehead atoms. The smallest absolute Gasteiger partial charge is 0.139 e. The Morgan fingerprint density at radius 1 is 1.05 bits per heavy atom. The number of aromatic nitrogens is 2. The standard InChI is InChI=1S/C16H14FN3OS/c17-13-6-2-4-8-15(13)22(21)10-9-18-16-12-5-1-3-7-14(12)19-11-20-16/h1-8,11H,9-10H2,(H,18,19,20)/t22-/m0/s1. The predicted molar refractivity (Wildman–Crippen MR) is 85.7 cm³/mol. The van der Waals surface area contributed by atoms with Crippen LogP contribution in [0.15, 0.2) is 59.8 Å². The Labute approximate surface area is 129 Å². The fourth-order valence-electron chi connectivity index (χ4n) is 2.15. The van der Waals surface area contributed by atoms with Gasteiger partial charge < -0.3 is 5.32 Å². The summed E-state index contributed by atoms with van der Waals surface area (Å²) in [5, 5.41) is 4.05. The van der Waals surface area contributed by atoms with Crippen LogP contribution in [0.3, 0.4) is 0 Å². The quantitative estimate of drug-likeness (QED) is 0.786. The van der Waals surface area contributed by atoms with Gasteiger partial charge in [0.05, 0.1) is 21.2 Å². The van der Waals surface area contributed by atoms with Gasteiger partial charge in [-0.25, -0.2) is 14.4 Å². The van der Waals surface area contributed by atoms with Crippen molar-refractivity contribution in [3.63, 3.8) is 0 Å². The van der Waals surface area contributed by atoms with E-state index >= 15 is 0 Å². The molecule has 0 aliphatic heterocycles. The van der Waals surface area contributed by atoms with Crippen molar-refractivity contribution in [1.82, 2.24) is 9.97 Å². The van der Waals surface area contributed by atoms with Gasteiger partial charge in [-0.1, -0.05) is 24.3 Å². The van der Waals surface area contributed by atoms with Crippen molar-refractivity contribution in [3.05, 3.63) is 60.7 Å². The lowest BCUT2D eigenvalue weighted by Crippen LogP contribution is -2.13. The number of nitrogens with zero attached hydrogens (tertiary/aromatic N) is 2. The molecule has 22 heavy (non-hydrogen) atoms. The highest BCUT2D eigenvalue weighted by Crippen LogP contribution is 2.18. The van der Waals surface area contributed by atoms with Crippen molar-refractivity contribution in [3.8, 4) is 0 Å². The summed E-state index contributed by atoms with van der Waals surface area (Å²) in [5.41, 5.74) is 0.843. The second kappa shape index (κ2) is 6.62. The van der Waals surface area contributed by atoms with Gasteiger partial charge in [0.25, 0.3) is 0 Å². The van der Waals surface area contributed by atoms with Gasteiger partial charge >= 0.3 is 0 Å². The molecule has 2 aromatic carbocycles. The molecule has 3 rings (SSSR count). The highest BCUT2D eigenvalue weighted by atomic mass is 32.2. The van der Waals surface area contributed by atoms with Crippen molar-refractivity contribution < 1.29 is 8.60 Å². The maximum Gasteiger partial charge on any atom is 0.139 e. The van der Waals surface area contributed by atoms with Crippen molar-refractivity contribution >= 4 is 27.5 Å². The minimum atomic E-state index is -1.38. The van der Waals surface area contributed by atoms with Gasteiger partial charge in [0, 0.05) is 17.7 Å². The first-order valence-corrected chi connectivity index (χ1v) is 8.14. The molecule has 6 heteroatoms. The highest BCUT2D eigenvalue weighted by molar-refractivity contribution is 7.85. The molecule has 1 N–H and O–H groups in total. The molecule has 0 saturated carbocycles. The van der Waals surface area contributed by atoms with E-state index in [0.29, 0.717) is 18.1 Å². The molecule has 1 atom stereocenters. The van der Waals surface area contributed by atoms with Crippen molar-refractivity contribution in [2.45, 2.75) is 4.90 Å². The molecular formula is C16H14FN3OS. The van der Waals surface area contributed by atoms with Gasteiger partial charge in [0.1, 0.15) is 18.0 Å². The summed E-state index contributed by atoms with van der Waals surface area (Å²) < 4.78 is 25.7. The second-order valence-electron chi connectivity index (χ2n) is 4.65. The molecule has 1 heterocycles. The Morgan fingerprint density at radius 3 is 2.68 bits per heavy atom. The van der Waals surface area contributed by atoms with E-state index in [4.69, 9.17) is 0 Å². The molecule has 0 saturated heterocycles. The highest BCUT2D eigenvalue weighted by Gasteiger charge is 2.09. The second-order valence-corrected chi connectivity index (χ2v) is 6.19. The molecular weight excluding hydrogens is 301 g/mol. The summed E-state index contributed by atoms with van der Waals surface area (Å²) in [6.45, 7) is 0.432.